The summed E-state index contributed by atoms with van der Waals surface area (Å²) in [4.78, 5) is 18.7. The summed E-state index contributed by atoms with van der Waals surface area (Å²) in [6.07, 6.45) is 6.65. The van der Waals surface area contributed by atoms with E-state index in [0.29, 0.717) is 26.0 Å². The molecule has 2 bridgehead atoms. The van der Waals surface area contributed by atoms with E-state index in [9.17, 15) is 14.3 Å². The van der Waals surface area contributed by atoms with Gasteiger partial charge in [-0.15, -0.1) is 0 Å². The fraction of sp³-hybridized carbons (Fsp3) is 0.500. The molecule has 3 aromatic carbocycles. The monoisotopic (exact) mass is 608 g/mol. The van der Waals surface area contributed by atoms with E-state index in [4.69, 9.17) is 9.47 Å². The number of amides is 1. The van der Waals surface area contributed by atoms with Gasteiger partial charge in [0.25, 0.3) is 0 Å². The quantitative estimate of drug-likeness (QED) is 0.370. The second-order valence-corrected chi connectivity index (χ2v) is 14.5. The van der Waals surface area contributed by atoms with Crippen LogP contribution in [0.5, 0.6) is 11.5 Å². The molecule has 1 N–H and O–H groups in total. The molecule has 45 heavy (non-hydrogen) atoms. The molecule has 3 aliphatic carbocycles. The van der Waals surface area contributed by atoms with Crippen molar-refractivity contribution in [3.8, 4) is 11.5 Å². The Hall–Kier alpha value is -3.42. The summed E-state index contributed by atoms with van der Waals surface area (Å²) in [6.45, 7) is 3.12. The summed E-state index contributed by atoms with van der Waals surface area (Å²) < 4.78 is 27.1. The molecule has 3 aromatic rings. The molecule has 0 aromatic heterocycles. The van der Waals surface area contributed by atoms with Crippen LogP contribution in [0.4, 0.5) is 4.39 Å². The number of nitrogens with zero attached hydrogens (tertiary/aromatic N) is 2. The zero-order chi connectivity index (χ0) is 30.3. The van der Waals surface area contributed by atoms with Crippen molar-refractivity contribution in [1.29, 1.82) is 0 Å². The Morgan fingerprint density at radius 3 is 2.56 bits per heavy atom. The van der Waals surface area contributed by atoms with Crippen LogP contribution in [0.15, 0.2) is 66.7 Å². The van der Waals surface area contributed by atoms with E-state index in [0.717, 1.165) is 72.9 Å². The van der Waals surface area contributed by atoms with Gasteiger partial charge in [-0.3, -0.25) is 9.69 Å². The molecular weight excluding hydrogens is 567 g/mol. The zero-order valence-corrected chi connectivity index (χ0v) is 25.7. The van der Waals surface area contributed by atoms with E-state index in [1.807, 2.05) is 18.2 Å². The van der Waals surface area contributed by atoms with Crippen molar-refractivity contribution in [3.05, 3.63) is 94.8 Å². The van der Waals surface area contributed by atoms with Crippen LogP contribution >= 0.6 is 0 Å². The molecule has 1 amide bonds. The van der Waals surface area contributed by atoms with Crippen molar-refractivity contribution < 1.29 is 23.8 Å². The smallest absolute Gasteiger partial charge is 0.226 e. The number of ether oxygens (including phenoxy) is 2. The van der Waals surface area contributed by atoms with Crippen LogP contribution in [0.1, 0.15) is 60.8 Å². The van der Waals surface area contributed by atoms with Crippen LogP contribution in [-0.2, 0) is 29.7 Å². The van der Waals surface area contributed by atoms with Crippen molar-refractivity contribution in [2.24, 2.45) is 11.8 Å². The molecule has 6 nitrogen and oxygen atoms in total. The normalized spacial score (nSPS) is 33.2. The minimum Gasteiger partial charge on any atom is -0.485 e. The standard InChI is InChI=1S/C38H41FN2O4/c39-29-11-8-24(9-12-29)20-28-15-18-41(36(28)42)30-14-16-38(43)32-21-27-10-13-31(44-23-26-4-2-1-3-5-26)34-33(27)37(38,35(30)45-34)17-19-40(32)22-25-6-7-25/h1-5,8-13,25,28,30,32,35,43H,6-7,14-23H2/t28?,30-,32+,35-,37-,38+/m0/s1. The van der Waals surface area contributed by atoms with Gasteiger partial charge in [-0.25, -0.2) is 4.39 Å². The number of benzene rings is 3. The summed E-state index contributed by atoms with van der Waals surface area (Å²) in [5, 5.41) is 13.0. The summed E-state index contributed by atoms with van der Waals surface area (Å²) >= 11 is 0. The Balaban J connectivity index is 1.07. The molecule has 1 unspecified atom stereocenters. The van der Waals surface area contributed by atoms with Crippen molar-refractivity contribution >= 4 is 5.91 Å². The van der Waals surface area contributed by atoms with E-state index < -0.39 is 11.0 Å². The van der Waals surface area contributed by atoms with Crippen LogP contribution in [0, 0.1) is 17.7 Å². The van der Waals surface area contributed by atoms with Crippen molar-refractivity contribution in [1.82, 2.24) is 9.80 Å². The Morgan fingerprint density at radius 1 is 0.933 bits per heavy atom. The van der Waals surface area contributed by atoms with E-state index in [1.165, 1.54) is 30.5 Å². The number of carbonyl (C=O) groups excluding carboxylic acids is 1. The van der Waals surface area contributed by atoms with Crippen LogP contribution < -0.4 is 9.47 Å². The fourth-order valence-corrected chi connectivity index (χ4v) is 9.80. The predicted molar refractivity (Wildman–Crippen MR) is 168 cm³/mol. The first-order valence-electron chi connectivity index (χ1n) is 17.0. The number of carbonyl (C=O) groups is 1. The van der Waals surface area contributed by atoms with Gasteiger partial charge < -0.3 is 19.5 Å². The molecular formula is C38H41FN2O4. The van der Waals surface area contributed by atoms with Crippen molar-refractivity contribution in [3.63, 3.8) is 0 Å². The lowest BCUT2D eigenvalue weighted by Gasteiger charge is -2.64. The number of hydrogen-bond acceptors (Lipinski definition) is 5. The highest BCUT2D eigenvalue weighted by atomic mass is 19.1. The largest absolute Gasteiger partial charge is 0.485 e. The summed E-state index contributed by atoms with van der Waals surface area (Å²) in [5.41, 5.74) is 2.98. The third-order valence-corrected chi connectivity index (χ3v) is 12.1. The molecule has 2 saturated carbocycles. The summed E-state index contributed by atoms with van der Waals surface area (Å²) in [7, 11) is 0. The fourth-order valence-electron chi connectivity index (χ4n) is 9.80. The lowest BCUT2D eigenvalue weighted by molar-refractivity contribution is -0.200. The number of rotatable bonds is 8. The maximum absolute atomic E-state index is 14.1. The second kappa shape index (κ2) is 10.3. The molecule has 234 valence electrons. The van der Waals surface area contributed by atoms with Gasteiger partial charge in [-0.2, -0.15) is 0 Å². The third-order valence-electron chi connectivity index (χ3n) is 12.1. The minimum absolute atomic E-state index is 0.0499. The molecule has 2 saturated heterocycles. The van der Waals surface area contributed by atoms with E-state index >= 15 is 0 Å². The van der Waals surface area contributed by atoms with Gasteiger partial charge in [-0.05, 0) is 98.7 Å². The van der Waals surface area contributed by atoms with E-state index in [-0.39, 0.29) is 35.8 Å². The molecule has 6 atom stereocenters. The second-order valence-electron chi connectivity index (χ2n) is 14.5. The van der Waals surface area contributed by atoms with Crippen LogP contribution in [-0.4, -0.2) is 64.2 Å². The highest BCUT2D eigenvalue weighted by Crippen LogP contribution is 2.66. The average molecular weight is 609 g/mol. The summed E-state index contributed by atoms with van der Waals surface area (Å²) in [6, 6.07) is 20.9. The topological polar surface area (TPSA) is 62.2 Å². The molecule has 7 heteroatoms. The first-order chi connectivity index (χ1) is 21.9. The Kier molecular flexibility index (Phi) is 6.37. The number of hydrogen-bond donors (Lipinski definition) is 1. The van der Waals surface area contributed by atoms with Gasteiger partial charge in [0.1, 0.15) is 18.5 Å². The highest BCUT2D eigenvalue weighted by molar-refractivity contribution is 5.82. The molecule has 6 aliphatic rings. The van der Waals surface area contributed by atoms with E-state index in [2.05, 4.69) is 34.1 Å². The highest BCUT2D eigenvalue weighted by Gasteiger charge is 2.73. The Labute approximate surface area is 264 Å². The van der Waals surface area contributed by atoms with Gasteiger partial charge in [0, 0.05) is 30.6 Å². The van der Waals surface area contributed by atoms with Crippen molar-refractivity contribution in [2.45, 2.75) is 87.2 Å². The molecule has 3 heterocycles. The lowest BCUT2D eigenvalue weighted by atomic mass is 9.48. The third kappa shape index (κ3) is 4.22. The number of piperidine rings is 1. The Morgan fingerprint density at radius 2 is 1.76 bits per heavy atom. The van der Waals surface area contributed by atoms with Gasteiger partial charge >= 0.3 is 0 Å². The van der Waals surface area contributed by atoms with Crippen LogP contribution in [0.25, 0.3) is 0 Å². The lowest BCUT2D eigenvalue weighted by Crippen LogP contribution is -2.78. The molecule has 1 spiro atoms. The van der Waals surface area contributed by atoms with Gasteiger partial charge in [0.05, 0.1) is 17.1 Å². The number of aliphatic hydroxyl groups is 1. The number of likely N-dealkylation sites (tertiary alicyclic amines) is 2. The maximum atomic E-state index is 14.1. The first kappa shape index (κ1) is 27.9. The average Bonchev–Trinajstić information content (AvgIpc) is 3.70. The van der Waals surface area contributed by atoms with Crippen molar-refractivity contribution in [2.75, 3.05) is 19.6 Å². The van der Waals surface area contributed by atoms with Gasteiger partial charge in [0.2, 0.25) is 5.91 Å². The first-order valence-corrected chi connectivity index (χ1v) is 17.0. The van der Waals surface area contributed by atoms with Crippen LogP contribution in [0.3, 0.4) is 0 Å². The molecule has 4 fully saturated rings. The predicted octanol–water partition coefficient (Wildman–Crippen LogP) is 5.43. The molecule has 9 rings (SSSR count). The Bertz CT molecular complexity index is 1630. The molecule has 3 aliphatic heterocycles. The maximum Gasteiger partial charge on any atom is 0.226 e. The summed E-state index contributed by atoms with van der Waals surface area (Å²) in [5.74, 6) is 2.03. The zero-order valence-electron chi connectivity index (χ0n) is 25.7. The SMILES string of the molecule is O=C1C(Cc2ccc(F)cc2)CCN1[C@H]1CC[C@@]2(O)[C@H]3Cc4ccc(OCc5ccccc5)c5c4[C@@]2(CCN3CC2CC2)[C@H]1O5. The van der Waals surface area contributed by atoms with Gasteiger partial charge in [0.15, 0.2) is 11.5 Å². The molecule has 0 radical (unpaired) electrons. The van der Waals surface area contributed by atoms with Gasteiger partial charge in [-0.1, -0.05) is 48.5 Å². The van der Waals surface area contributed by atoms with Crippen LogP contribution in [0.2, 0.25) is 0 Å². The number of halogens is 1. The van der Waals surface area contributed by atoms with E-state index in [1.54, 1.807) is 12.1 Å². The minimum atomic E-state index is -0.923.